The van der Waals surface area contributed by atoms with Crippen LogP contribution >= 0.6 is 23.2 Å². The molecule has 0 saturated heterocycles. The van der Waals surface area contributed by atoms with Gasteiger partial charge in [0.2, 0.25) is 0 Å². The largest absolute Gasteiger partial charge is 0.309 e. The van der Waals surface area contributed by atoms with Crippen LogP contribution in [0.2, 0.25) is 10.0 Å². The van der Waals surface area contributed by atoms with Crippen molar-refractivity contribution in [1.29, 1.82) is 0 Å². The minimum Gasteiger partial charge on any atom is -0.309 e. The van der Waals surface area contributed by atoms with Crippen molar-refractivity contribution in [3.8, 4) is 0 Å². The Labute approximate surface area is 763 Å². The number of hydrogen-bond donors (Lipinski definition) is 0. The van der Waals surface area contributed by atoms with E-state index in [2.05, 4.69) is 321 Å². The zero-order valence-electron chi connectivity index (χ0n) is 71.2. The van der Waals surface area contributed by atoms with Gasteiger partial charge in [0.25, 0.3) is 0 Å². The fourth-order valence-electron chi connectivity index (χ4n) is 20.0. The molecule has 0 unspecified atom stereocenters. The number of fused-ring (bicyclic) bond motifs is 12. The first-order chi connectivity index (χ1) is 63.7. The number of halogens is 6. The molecule has 0 spiro atoms. The van der Waals surface area contributed by atoms with E-state index < -0.39 is 0 Å². The van der Waals surface area contributed by atoms with Crippen molar-refractivity contribution in [2.24, 2.45) is 0 Å². The summed E-state index contributed by atoms with van der Waals surface area (Å²) in [5, 5.41) is 1.45. The average Bonchev–Trinajstić information content (AvgIpc) is 0.718. The molecular formula is C118H80Cl2F4N6. The fourth-order valence-corrected chi connectivity index (χ4v) is 20.3. The Balaban J connectivity index is 0.000000115. The van der Waals surface area contributed by atoms with E-state index >= 15 is 0 Å². The van der Waals surface area contributed by atoms with Gasteiger partial charge in [0.15, 0.2) is 0 Å². The van der Waals surface area contributed by atoms with Gasteiger partial charge in [-0.15, -0.1) is 0 Å². The highest BCUT2D eigenvalue weighted by Crippen LogP contribution is 2.62. The molecule has 24 rings (SSSR count). The van der Waals surface area contributed by atoms with Crippen LogP contribution in [0.25, 0.3) is 33.4 Å². The summed E-state index contributed by atoms with van der Waals surface area (Å²) in [6.45, 7) is 7.30. The average molecular weight is 1730 g/mol. The first kappa shape index (κ1) is 80.1. The van der Waals surface area contributed by atoms with Crippen LogP contribution in [0.15, 0.2) is 413 Å². The first-order valence-electron chi connectivity index (χ1n) is 43.4. The Hall–Kier alpha value is -15.7. The highest BCUT2D eigenvalue weighted by molar-refractivity contribution is 6.31. The lowest BCUT2D eigenvalue weighted by atomic mass is 9.79. The summed E-state index contributed by atoms with van der Waals surface area (Å²) >= 11 is 12.6. The van der Waals surface area contributed by atoms with Gasteiger partial charge in [-0.3, -0.25) is 0 Å². The number of aryl methyl sites for hydroxylation is 4. The number of anilines is 18. The van der Waals surface area contributed by atoms with Crippen LogP contribution in [0.1, 0.15) is 89.0 Å². The molecule has 0 bridgehead atoms. The minimum absolute atomic E-state index is 0.170. The molecule has 0 aromatic heterocycles. The lowest BCUT2D eigenvalue weighted by molar-refractivity contribution is 0.609. The number of hydrogen-bond acceptors (Lipinski definition) is 6. The highest BCUT2D eigenvalue weighted by Gasteiger charge is 2.40. The summed E-state index contributed by atoms with van der Waals surface area (Å²) in [5.41, 5.74) is 40.9. The molecule has 0 amide bonds. The van der Waals surface area contributed by atoms with Crippen LogP contribution in [0.5, 0.6) is 0 Å². The summed E-state index contributed by atoms with van der Waals surface area (Å²) in [5.74, 6) is -0.897. The van der Waals surface area contributed by atoms with Gasteiger partial charge in [-0.2, -0.15) is 0 Å². The topological polar surface area (TPSA) is 19.4 Å². The van der Waals surface area contributed by atoms with Gasteiger partial charge >= 0.3 is 0 Å². The zero-order valence-corrected chi connectivity index (χ0v) is 72.7. The number of benzene rings is 18. The van der Waals surface area contributed by atoms with Crippen LogP contribution in [-0.2, 0) is 0 Å². The van der Waals surface area contributed by atoms with Crippen LogP contribution in [-0.4, -0.2) is 0 Å². The molecule has 18 aromatic rings. The van der Waals surface area contributed by atoms with Gasteiger partial charge in [0.1, 0.15) is 23.3 Å². The van der Waals surface area contributed by atoms with E-state index in [4.69, 9.17) is 23.2 Å². The molecule has 624 valence electrons. The van der Waals surface area contributed by atoms with Crippen LogP contribution in [0.3, 0.4) is 0 Å². The molecule has 6 aliphatic heterocycles. The molecule has 6 nitrogen and oxygen atoms in total. The Kier molecular flexibility index (Phi) is 20.3. The normalized spacial score (nSPS) is 13.3. The van der Waals surface area contributed by atoms with Crippen molar-refractivity contribution in [3.63, 3.8) is 0 Å². The third kappa shape index (κ3) is 13.6. The maximum atomic E-state index is 14.8. The molecular weight excluding hydrogens is 1650 g/mol. The van der Waals surface area contributed by atoms with Gasteiger partial charge in [0.05, 0.1) is 68.2 Å². The molecule has 0 aliphatic carbocycles. The summed E-state index contributed by atoms with van der Waals surface area (Å²) in [4.78, 5) is 13.5. The smallest absolute Gasteiger partial charge is 0.129 e. The zero-order chi connectivity index (χ0) is 88.1. The molecule has 0 atom stereocenters. The summed E-state index contributed by atoms with van der Waals surface area (Å²) in [6.07, 6.45) is 0. The van der Waals surface area contributed by atoms with Crippen molar-refractivity contribution in [3.05, 3.63) is 535 Å². The molecule has 6 heterocycles. The van der Waals surface area contributed by atoms with E-state index in [1.54, 1.807) is 24.3 Å². The van der Waals surface area contributed by atoms with Crippen LogP contribution < -0.4 is 29.4 Å². The molecule has 130 heavy (non-hydrogen) atoms. The van der Waals surface area contributed by atoms with E-state index in [1.807, 2.05) is 113 Å². The molecule has 18 aromatic carbocycles. The SMILES string of the molecule is Cc1cc(N2c3ccccc3C(=C3c4ccccc4N(c4cc(C)c(F)c(C)c4)c4ccccc43)c3ccccc32)cc(C)c1F.Clc1ccc(N2c3ccccc3C(=C3c4ccccc4N(c4ccc(Cl)cc4)c4ccccc43)c3ccccc32)cc1.Fc1cccc(N2c3ccccc3C(=C3c4ccccc4N(c4cccc(F)c4)c4ccccc43)c3ccccc32)c1. The minimum atomic E-state index is -0.279. The van der Waals surface area contributed by atoms with Crippen molar-refractivity contribution in [2.75, 3.05) is 29.4 Å². The van der Waals surface area contributed by atoms with Crippen molar-refractivity contribution in [2.45, 2.75) is 27.7 Å². The number of rotatable bonds is 6. The monoisotopic (exact) mass is 1730 g/mol. The quantitative estimate of drug-likeness (QED) is 0.153. The van der Waals surface area contributed by atoms with E-state index in [1.165, 1.54) is 45.5 Å². The summed E-state index contributed by atoms with van der Waals surface area (Å²) in [6, 6.07) is 139. The molecule has 0 fully saturated rings. The third-order valence-electron chi connectivity index (χ3n) is 25.4. The van der Waals surface area contributed by atoms with E-state index in [9.17, 15) is 17.6 Å². The number of para-hydroxylation sites is 12. The predicted octanol–water partition coefficient (Wildman–Crippen LogP) is 33.9. The summed E-state index contributed by atoms with van der Waals surface area (Å²) in [7, 11) is 0. The van der Waals surface area contributed by atoms with Crippen LogP contribution in [0.4, 0.5) is 120 Å². The van der Waals surface area contributed by atoms with E-state index in [0.29, 0.717) is 22.3 Å². The lowest BCUT2D eigenvalue weighted by Crippen LogP contribution is -2.22. The highest BCUT2D eigenvalue weighted by atomic mass is 35.5. The van der Waals surface area contributed by atoms with Crippen LogP contribution in [0, 0.1) is 51.0 Å². The predicted molar refractivity (Wildman–Crippen MR) is 531 cm³/mol. The van der Waals surface area contributed by atoms with Gasteiger partial charge in [-0.05, 0) is 232 Å². The van der Waals surface area contributed by atoms with Gasteiger partial charge in [0, 0.05) is 144 Å². The standard InChI is InChI=1S/C42H32F2N2.C38H24Cl2N2.C38H24F2N2/c1-25-21-29(22-26(2)41(25)43)45-35-17-9-5-13-31(35)39(32-14-6-10-18-36(32)45)40-33-15-7-11-19-37(33)46(38-20-12-8-16-34(38)40)30-23-27(3)42(44)28(4)24-30;39-25-17-21-27(22-18-25)41-33-13-5-1-9-29(33)37(30-10-2-6-14-34(30)41)38-31-11-3-7-15-35(31)42(28-23-19-26(40)20-24-28)36-16-8-4-12-32(36)38;39-25-11-9-13-27(23-25)41-33-19-5-1-15-29(33)37(30-16-2-6-20-34(30)41)38-31-17-3-7-21-35(31)42(28-14-10-12-26(40)24-28)36-22-8-4-18-32(36)38/h5-24H,1-4H3;2*1-24H. The second kappa shape index (κ2) is 32.9. The van der Waals surface area contributed by atoms with Crippen molar-refractivity contribution < 1.29 is 17.6 Å². The van der Waals surface area contributed by atoms with Gasteiger partial charge < -0.3 is 29.4 Å². The lowest BCUT2D eigenvalue weighted by Gasteiger charge is -2.39. The first-order valence-corrected chi connectivity index (χ1v) is 44.2. The molecule has 0 saturated carbocycles. The fraction of sp³-hybridized carbons (Fsp3) is 0.0339. The Bertz CT molecular complexity index is 6950. The van der Waals surface area contributed by atoms with E-state index in [0.717, 1.165) is 179 Å². The maximum absolute atomic E-state index is 14.8. The Morgan fingerprint density at radius 2 is 0.323 bits per heavy atom. The molecule has 0 radical (unpaired) electrons. The molecule has 0 N–H and O–H groups in total. The third-order valence-corrected chi connectivity index (χ3v) is 25.9. The van der Waals surface area contributed by atoms with Crippen molar-refractivity contribution >= 4 is 159 Å². The second-order valence-corrected chi connectivity index (χ2v) is 34.0. The molecule has 12 heteroatoms. The van der Waals surface area contributed by atoms with Gasteiger partial charge in [-0.1, -0.05) is 254 Å². The van der Waals surface area contributed by atoms with Gasteiger partial charge in [-0.25, -0.2) is 17.6 Å². The maximum Gasteiger partial charge on any atom is 0.129 e. The number of nitrogens with zero attached hydrogens (tertiary/aromatic N) is 6. The van der Waals surface area contributed by atoms with E-state index in [-0.39, 0.29) is 23.3 Å². The Morgan fingerprint density at radius 1 is 0.162 bits per heavy atom. The second-order valence-electron chi connectivity index (χ2n) is 33.2. The Morgan fingerprint density at radius 3 is 0.500 bits per heavy atom. The van der Waals surface area contributed by atoms with Crippen molar-refractivity contribution in [1.82, 2.24) is 0 Å². The summed E-state index contributed by atoms with van der Waals surface area (Å²) < 4.78 is 58.7. The molecule has 6 aliphatic rings.